The van der Waals surface area contributed by atoms with Gasteiger partial charge in [-0.05, 0) is 42.8 Å². The zero-order valence-corrected chi connectivity index (χ0v) is 21.5. The van der Waals surface area contributed by atoms with Crippen LogP contribution < -0.4 is 9.62 Å². The summed E-state index contributed by atoms with van der Waals surface area (Å²) < 4.78 is 66.2. The van der Waals surface area contributed by atoms with Crippen molar-refractivity contribution in [2.75, 3.05) is 24.2 Å². The zero-order valence-electron chi connectivity index (χ0n) is 18.4. The Morgan fingerprint density at radius 2 is 1.74 bits per heavy atom. The largest absolute Gasteiger partial charge is 0.417 e. The van der Waals surface area contributed by atoms with Crippen molar-refractivity contribution < 1.29 is 31.2 Å². The Kier molecular flexibility index (Phi) is 9.00. The van der Waals surface area contributed by atoms with Crippen molar-refractivity contribution in [2.45, 2.75) is 25.7 Å². The highest BCUT2D eigenvalue weighted by atomic mass is 79.9. The lowest BCUT2D eigenvalue weighted by molar-refractivity contribution is -0.139. The molecule has 0 bridgehead atoms. The number of hydrogen-bond donors (Lipinski definition) is 1. The van der Waals surface area contributed by atoms with Gasteiger partial charge in [-0.1, -0.05) is 39.7 Å². The predicted molar refractivity (Wildman–Crippen MR) is 127 cm³/mol. The minimum atomic E-state index is -4.83. The summed E-state index contributed by atoms with van der Waals surface area (Å²) in [4.78, 5) is 26.7. The molecule has 34 heavy (non-hydrogen) atoms. The van der Waals surface area contributed by atoms with Gasteiger partial charge in [-0.3, -0.25) is 13.9 Å². The Morgan fingerprint density at radius 3 is 2.24 bits per heavy atom. The van der Waals surface area contributed by atoms with Crippen LogP contribution >= 0.6 is 27.5 Å². The van der Waals surface area contributed by atoms with E-state index in [0.717, 1.165) is 27.8 Å². The maximum absolute atomic E-state index is 13.3. The second-order valence-corrected chi connectivity index (χ2v) is 10.6. The molecule has 0 fully saturated rings. The van der Waals surface area contributed by atoms with E-state index in [1.54, 1.807) is 24.3 Å². The van der Waals surface area contributed by atoms with Gasteiger partial charge in [0.15, 0.2) is 0 Å². The van der Waals surface area contributed by atoms with Gasteiger partial charge in [0.25, 0.3) is 0 Å². The van der Waals surface area contributed by atoms with Crippen molar-refractivity contribution in [2.24, 2.45) is 0 Å². The van der Waals surface area contributed by atoms with Crippen LogP contribution in [0.25, 0.3) is 0 Å². The Balaban J connectivity index is 2.46. The third-order valence-corrected chi connectivity index (χ3v) is 6.90. The molecule has 0 unspecified atom stereocenters. The summed E-state index contributed by atoms with van der Waals surface area (Å²) in [6.07, 6.45) is -4.06. The molecular formula is C21H22BrClF3N3O4S. The number of amides is 2. The van der Waals surface area contributed by atoms with E-state index in [9.17, 15) is 31.2 Å². The first-order valence-corrected chi connectivity index (χ1v) is 12.8. The monoisotopic (exact) mass is 583 g/mol. The molecule has 1 atom stereocenters. The van der Waals surface area contributed by atoms with Crippen molar-refractivity contribution in [3.63, 3.8) is 0 Å². The Labute approximate surface area is 209 Å². The van der Waals surface area contributed by atoms with Crippen molar-refractivity contribution >= 4 is 55.1 Å². The topological polar surface area (TPSA) is 86.8 Å². The highest BCUT2D eigenvalue weighted by molar-refractivity contribution is 9.10. The molecule has 0 aliphatic carbocycles. The molecule has 2 aromatic carbocycles. The highest BCUT2D eigenvalue weighted by Gasteiger charge is 2.35. The fraction of sp³-hybridized carbons (Fsp3) is 0.333. The van der Waals surface area contributed by atoms with Crippen LogP contribution in [0.2, 0.25) is 5.02 Å². The fourth-order valence-corrected chi connectivity index (χ4v) is 4.41. The third kappa shape index (κ3) is 7.09. The molecule has 1 N–H and O–H groups in total. The van der Waals surface area contributed by atoms with Gasteiger partial charge in [0, 0.05) is 18.1 Å². The van der Waals surface area contributed by atoms with E-state index in [4.69, 9.17) is 11.6 Å². The van der Waals surface area contributed by atoms with E-state index in [1.165, 1.54) is 14.0 Å². The predicted octanol–water partition coefficient (Wildman–Crippen LogP) is 4.05. The summed E-state index contributed by atoms with van der Waals surface area (Å²) in [6, 6.07) is 8.46. The van der Waals surface area contributed by atoms with Crippen LogP contribution in [0, 0.1) is 0 Å². The first-order chi connectivity index (χ1) is 15.6. The lowest BCUT2D eigenvalue weighted by atomic mass is 10.1. The summed E-state index contributed by atoms with van der Waals surface area (Å²) in [7, 11) is -2.80. The number of nitrogens with one attached hydrogen (secondary N) is 1. The normalized spacial score (nSPS) is 12.7. The van der Waals surface area contributed by atoms with Crippen molar-refractivity contribution in [3.05, 3.63) is 63.1 Å². The molecule has 13 heteroatoms. The van der Waals surface area contributed by atoms with Crippen LogP contribution in [0.1, 0.15) is 18.1 Å². The van der Waals surface area contributed by atoms with Crippen LogP contribution in [0.4, 0.5) is 18.9 Å². The number of likely N-dealkylation sites (N-methyl/N-ethyl adjacent to an activating group) is 1. The Morgan fingerprint density at radius 1 is 1.15 bits per heavy atom. The molecule has 0 spiro atoms. The molecule has 0 aliphatic rings. The maximum atomic E-state index is 13.3. The molecule has 0 radical (unpaired) electrons. The van der Waals surface area contributed by atoms with Gasteiger partial charge < -0.3 is 10.2 Å². The van der Waals surface area contributed by atoms with Gasteiger partial charge in [-0.25, -0.2) is 8.42 Å². The average Bonchev–Trinajstić information content (AvgIpc) is 2.74. The molecule has 2 rings (SSSR count). The second-order valence-electron chi connectivity index (χ2n) is 7.37. The summed E-state index contributed by atoms with van der Waals surface area (Å²) in [5, 5.41) is 1.82. The SMILES string of the molecule is CNC(=O)[C@H](C)N(Cc1ccc(Br)cc1)C(=O)CN(c1ccc(Cl)c(C(F)(F)F)c1)S(C)(=O)=O. The zero-order chi connectivity index (χ0) is 25.8. The van der Waals surface area contributed by atoms with E-state index < -0.39 is 51.2 Å². The average molecular weight is 585 g/mol. The summed E-state index contributed by atoms with van der Waals surface area (Å²) in [5.41, 5.74) is -0.967. The molecule has 2 aromatic rings. The lowest BCUT2D eigenvalue weighted by Gasteiger charge is -2.31. The van der Waals surface area contributed by atoms with Gasteiger partial charge in [0.2, 0.25) is 21.8 Å². The van der Waals surface area contributed by atoms with E-state index in [0.29, 0.717) is 15.9 Å². The minimum Gasteiger partial charge on any atom is -0.357 e. The van der Waals surface area contributed by atoms with E-state index in [2.05, 4.69) is 21.2 Å². The molecule has 0 saturated carbocycles. The molecule has 0 saturated heterocycles. The maximum Gasteiger partial charge on any atom is 0.417 e. The number of halogens is 5. The second kappa shape index (κ2) is 11.0. The lowest BCUT2D eigenvalue weighted by Crippen LogP contribution is -2.50. The van der Waals surface area contributed by atoms with E-state index >= 15 is 0 Å². The first kappa shape index (κ1) is 27.9. The molecule has 0 heterocycles. The highest BCUT2D eigenvalue weighted by Crippen LogP contribution is 2.37. The number of nitrogens with zero attached hydrogens (tertiary/aromatic N) is 2. The number of benzene rings is 2. The molecule has 186 valence electrons. The van der Waals surface area contributed by atoms with Crippen LogP contribution in [0.15, 0.2) is 46.9 Å². The van der Waals surface area contributed by atoms with Gasteiger partial charge >= 0.3 is 6.18 Å². The summed E-state index contributed by atoms with van der Waals surface area (Å²) in [5.74, 6) is -1.28. The number of hydrogen-bond acceptors (Lipinski definition) is 4. The molecule has 2 amide bonds. The van der Waals surface area contributed by atoms with Crippen LogP contribution in [0.5, 0.6) is 0 Å². The number of carbonyl (C=O) groups is 2. The number of rotatable bonds is 8. The molecular weight excluding hydrogens is 563 g/mol. The van der Waals surface area contributed by atoms with E-state index in [1.807, 2.05) is 0 Å². The molecule has 0 aromatic heterocycles. The smallest absolute Gasteiger partial charge is 0.357 e. The first-order valence-electron chi connectivity index (χ1n) is 9.75. The van der Waals surface area contributed by atoms with Gasteiger partial charge in [-0.2, -0.15) is 13.2 Å². The summed E-state index contributed by atoms with van der Waals surface area (Å²) in [6.45, 7) is 0.604. The number of carbonyl (C=O) groups excluding carboxylic acids is 2. The van der Waals surface area contributed by atoms with Crippen molar-refractivity contribution in [3.8, 4) is 0 Å². The van der Waals surface area contributed by atoms with Gasteiger partial charge in [0.05, 0.1) is 22.5 Å². The minimum absolute atomic E-state index is 0.0350. The Hall–Kier alpha value is -2.31. The molecule has 0 aliphatic heterocycles. The molecule has 7 nitrogen and oxygen atoms in total. The van der Waals surface area contributed by atoms with Crippen molar-refractivity contribution in [1.82, 2.24) is 10.2 Å². The van der Waals surface area contributed by atoms with E-state index in [-0.39, 0.29) is 12.2 Å². The number of sulfonamides is 1. The quantitative estimate of drug-likeness (QED) is 0.507. The summed E-state index contributed by atoms with van der Waals surface area (Å²) >= 11 is 8.94. The van der Waals surface area contributed by atoms with Crippen molar-refractivity contribution in [1.29, 1.82) is 0 Å². The Bertz CT molecular complexity index is 1160. The third-order valence-electron chi connectivity index (χ3n) is 4.90. The fourth-order valence-electron chi connectivity index (χ4n) is 3.08. The van der Waals surface area contributed by atoms with Gasteiger partial charge in [0.1, 0.15) is 12.6 Å². The van der Waals surface area contributed by atoms with Crippen LogP contribution in [-0.2, 0) is 32.3 Å². The van der Waals surface area contributed by atoms with Crippen LogP contribution in [0.3, 0.4) is 0 Å². The number of alkyl halides is 3. The van der Waals surface area contributed by atoms with Gasteiger partial charge in [-0.15, -0.1) is 0 Å². The standard InChI is InChI=1S/C21H22BrClF3N3O4S/c1-13(20(31)27-2)28(11-14-4-6-15(22)7-5-14)19(30)12-29(34(3,32)33)16-8-9-18(23)17(10-16)21(24,25)26/h4-10,13H,11-12H2,1-3H3,(H,27,31)/t13-/m0/s1. The number of anilines is 1. The van der Waals surface area contributed by atoms with Crippen LogP contribution in [-0.4, -0.2) is 51.0 Å².